The van der Waals surface area contributed by atoms with E-state index in [0.29, 0.717) is 0 Å². The van der Waals surface area contributed by atoms with Crippen molar-refractivity contribution in [2.45, 2.75) is 5.41 Å². The van der Waals surface area contributed by atoms with Crippen molar-refractivity contribution in [3.8, 4) is 11.1 Å². The fraction of sp³-hybridized carbons (Fsp3) is 0.0213. The number of para-hydroxylation sites is 1. The molecular formula is C47H31NS. The molecule has 0 atom stereocenters. The topological polar surface area (TPSA) is 3.24 Å². The molecule has 0 unspecified atom stereocenters. The second-order valence-electron chi connectivity index (χ2n) is 12.8. The van der Waals surface area contributed by atoms with Crippen LogP contribution in [0.4, 0.5) is 17.1 Å². The van der Waals surface area contributed by atoms with Crippen molar-refractivity contribution in [3.63, 3.8) is 0 Å². The average Bonchev–Trinajstić information content (AvgIpc) is 3.70. The fourth-order valence-electron chi connectivity index (χ4n) is 8.31. The Kier molecular flexibility index (Phi) is 6.34. The minimum Gasteiger partial charge on any atom is -0.310 e. The molecule has 1 aliphatic carbocycles. The van der Waals surface area contributed by atoms with Crippen molar-refractivity contribution in [2.75, 3.05) is 4.90 Å². The van der Waals surface area contributed by atoms with Gasteiger partial charge in [0.2, 0.25) is 0 Å². The van der Waals surface area contributed by atoms with E-state index in [1.54, 1.807) is 0 Å². The van der Waals surface area contributed by atoms with Crippen LogP contribution in [0.3, 0.4) is 0 Å². The van der Waals surface area contributed by atoms with Crippen LogP contribution >= 0.6 is 11.3 Å². The van der Waals surface area contributed by atoms with E-state index in [0.717, 1.165) is 11.4 Å². The van der Waals surface area contributed by atoms with Crippen molar-refractivity contribution in [1.82, 2.24) is 0 Å². The molecule has 0 saturated heterocycles. The van der Waals surface area contributed by atoms with E-state index >= 15 is 0 Å². The number of fused-ring (bicyclic) bond motifs is 8. The van der Waals surface area contributed by atoms with E-state index in [2.05, 4.69) is 193 Å². The van der Waals surface area contributed by atoms with E-state index in [-0.39, 0.29) is 0 Å². The van der Waals surface area contributed by atoms with Gasteiger partial charge in [0.05, 0.1) is 11.1 Å². The zero-order chi connectivity index (χ0) is 32.4. The average molecular weight is 642 g/mol. The number of anilines is 3. The van der Waals surface area contributed by atoms with Gasteiger partial charge in [-0.05, 0) is 69.8 Å². The summed E-state index contributed by atoms with van der Waals surface area (Å²) in [5.41, 5.74) is 10.7. The highest BCUT2D eigenvalue weighted by Crippen LogP contribution is 2.57. The van der Waals surface area contributed by atoms with Crippen LogP contribution in [0.2, 0.25) is 0 Å². The zero-order valence-electron chi connectivity index (χ0n) is 26.8. The first kappa shape index (κ1) is 28.1. The quantitative estimate of drug-likeness (QED) is 0.181. The predicted octanol–water partition coefficient (Wildman–Crippen LogP) is 13.0. The van der Waals surface area contributed by atoms with Crippen molar-refractivity contribution in [2.24, 2.45) is 0 Å². The molecule has 2 heteroatoms. The Morgan fingerprint density at radius 2 is 0.939 bits per heavy atom. The van der Waals surface area contributed by atoms with Crippen LogP contribution < -0.4 is 4.90 Å². The van der Waals surface area contributed by atoms with Gasteiger partial charge in [0.1, 0.15) is 0 Å². The predicted molar refractivity (Wildman–Crippen MR) is 209 cm³/mol. The molecule has 0 saturated carbocycles. The molecule has 1 nitrogen and oxygen atoms in total. The largest absolute Gasteiger partial charge is 0.310 e. The van der Waals surface area contributed by atoms with Crippen LogP contribution in [0.15, 0.2) is 188 Å². The molecular weight excluding hydrogens is 611 g/mol. The van der Waals surface area contributed by atoms with E-state index in [1.807, 2.05) is 11.3 Å². The summed E-state index contributed by atoms with van der Waals surface area (Å²) in [7, 11) is 0. The van der Waals surface area contributed by atoms with E-state index < -0.39 is 5.41 Å². The molecule has 0 fully saturated rings. The van der Waals surface area contributed by atoms with Gasteiger partial charge in [0.15, 0.2) is 0 Å². The highest BCUT2D eigenvalue weighted by molar-refractivity contribution is 7.26. The van der Waals surface area contributed by atoms with Crippen LogP contribution in [-0.2, 0) is 5.41 Å². The second-order valence-corrected chi connectivity index (χ2v) is 13.9. The summed E-state index contributed by atoms with van der Waals surface area (Å²) in [6.07, 6.45) is 0. The summed E-state index contributed by atoms with van der Waals surface area (Å²) in [4.78, 5) is 2.46. The van der Waals surface area contributed by atoms with Gasteiger partial charge in [-0.15, -0.1) is 11.3 Å². The van der Waals surface area contributed by atoms with Crippen molar-refractivity contribution in [1.29, 1.82) is 0 Å². The van der Waals surface area contributed by atoms with Crippen LogP contribution in [-0.4, -0.2) is 0 Å². The second kappa shape index (κ2) is 11.1. The Morgan fingerprint density at radius 1 is 0.388 bits per heavy atom. The first-order valence-corrected chi connectivity index (χ1v) is 17.7. The molecule has 0 radical (unpaired) electrons. The molecule has 0 bridgehead atoms. The monoisotopic (exact) mass is 641 g/mol. The maximum atomic E-state index is 2.46. The highest BCUT2D eigenvalue weighted by atomic mass is 32.1. The SMILES string of the molecule is c1ccc(N(c2cccc(C3(c4ccccc4)c4ccccc4-c4ccccc43)c2)c2cc3c4ccccc4sc3c3ccccc23)cc1. The molecule has 9 aromatic rings. The lowest BCUT2D eigenvalue weighted by Crippen LogP contribution is -2.28. The van der Waals surface area contributed by atoms with E-state index in [1.165, 1.54) is 70.0 Å². The van der Waals surface area contributed by atoms with Gasteiger partial charge in [-0.3, -0.25) is 0 Å². The van der Waals surface area contributed by atoms with E-state index in [9.17, 15) is 0 Å². The molecule has 1 heterocycles. The van der Waals surface area contributed by atoms with Crippen LogP contribution in [0.25, 0.3) is 42.1 Å². The fourth-order valence-corrected chi connectivity index (χ4v) is 9.53. The number of thiophene rings is 1. The maximum Gasteiger partial charge on any atom is 0.0714 e. The Balaban J connectivity index is 1.28. The highest BCUT2D eigenvalue weighted by Gasteiger charge is 2.46. The zero-order valence-corrected chi connectivity index (χ0v) is 27.6. The summed E-state index contributed by atoms with van der Waals surface area (Å²) in [5, 5.41) is 5.13. The number of hydrogen-bond donors (Lipinski definition) is 0. The Bertz CT molecular complexity index is 2630. The van der Waals surface area contributed by atoms with Gasteiger partial charge in [-0.25, -0.2) is 0 Å². The molecule has 49 heavy (non-hydrogen) atoms. The van der Waals surface area contributed by atoms with E-state index in [4.69, 9.17) is 0 Å². The molecule has 1 aliphatic rings. The molecule has 0 aliphatic heterocycles. The van der Waals surface area contributed by atoms with Gasteiger partial charge in [0.25, 0.3) is 0 Å². The first-order valence-electron chi connectivity index (χ1n) is 16.9. The van der Waals surface area contributed by atoms with Gasteiger partial charge >= 0.3 is 0 Å². The Morgan fingerprint density at radius 3 is 1.67 bits per heavy atom. The number of benzene rings is 8. The third-order valence-corrected chi connectivity index (χ3v) is 11.5. The third kappa shape index (κ3) is 4.11. The van der Waals surface area contributed by atoms with Crippen molar-refractivity contribution < 1.29 is 0 Å². The summed E-state index contributed by atoms with van der Waals surface area (Å²) in [6.45, 7) is 0. The Labute approximate surface area is 290 Å². The normalized spacial score (nSPS) is 13.1. The molecule has 1 aromatic heterocycles. The lowest BCUT2D eigenvalue weighted by atomic mass is 9.67. The Hall–Kier alpha value is -5.96. The van der Waals surface area contributed by atoms with Gasteiger partial charge in [0, 0.05) is 42.3 Å². The van der Waals surface area contributed by atoms with Crippen LogP contribution in [0, 0.1) is 0 Å². The van der Waals surface area contributed by atoms with Crippen LogP contribution in [0.1, 0.15) is 22.3 Å². The lowest BCUT2D eigenvalue weighted by Gasteiger charge is -2.35. The molecule has 8 aromatic carbocycles. The smallest absolute Gasteiger partial charge is 0.0714 e. The number of hydrogen-bond acceptors (Lipinski definition) is 2. The minimum absolute atomic E-state index is 0.470. The third-order valence-electron chi connectivity index (χ3n) is 10.3. The lowest BCUT2D eigenvalue weighted by molar-refractivity contribution is 0.768. The maximum absolute atomic E-state index is 2.46. The standard InChI is InChI=1S/C47H31NS/c1-3-16-32(17-4-1)47(42-27-12-9-22-36(42)37-23-10-13-28-43(37)47)33-18-15-21-35(30-33)48(34-19-5-2-6-20-34)44-31-41-39-25-11-14-29-45(39)49-46(41)40-26-8-7-24-38(40)44/h1-31H. The molecule has 0 amide bonds. The molecule has 0 N–H and O–H groups in total. The number of rotatable bonds is 5. The first-order chi connectivity index (χ1) is 24.3. The van der Waals surface area contributed by atoms with Gasteiger partial charge in [-0.2, -0.15) is 0 Å². The summed E-state index contributed by atoms with van der Waals surface area (Å²) in [6, 6.07) is 69.2. The van der Waals surface area contributed by atoms with Crippen molar-refractivity contribution in [3.05, 3.63) is 210 Å². The summed E-state index contributed by atoms with van der Waals surface area (Å²) >= 11 is 1.89. The molecule has 0 spiro atoms. The van der Waals surface area contributed by atoms with Crippen molar-refractivity contribution >= 4 is 59.3 Å². The molecule has 10 rings (SSSR count). The summed E-state index contributed by atoms with van der Waals surface area (Å²) in [5.74, 6) is 0. The molecule has 230 valence electrons. The number of nitrogens with zero attached hydrogens (tertiary/aromatic N) is 1. The minimum atomic E-state index is -0.470. The summed E-state index contributed by atoms with van der Waals surface area (Å²) < 4.78 is 2.65. The van der Waals surface area contributed by atoms with Crippen LogP contribution in [0.5, 0.6) is 0 Å². The van der Waals surface area contributed by atoms with Gasteiger partial charge in [-0.1, -0.05) is 152 Å². The van der Waals surface area contributed by atoms with Gasteiger partial charge < -0.3 is 4.90 Å².